The van der Waals surface area contributed by atoms with Crippen LogP contribution in [-0.2, 0) is 0 Å². The molecule has 7 nitrogen and oxygen atoms in total. The van der Waals surface area contributed by atoms with E-state index in [1.165, 1.54) is 5.69 Å². The number of aryl methyl sites for hydroxylation is 1. The lowest BCUT2D eigenvalue weighted by atomic mass is 10.2. The highest BCUT2D eigenvalue weighted by Gasteiger charge is 2.09. The van der Waals surface area contributed by atoms with E-state index in [-0.39, 0.29) is 0 Å². The summed E-state index contributed by atoms with van der Waals surface area (Å²) in [5.41, 5.74) is 3.20. The normalized spacial score (nSPS) is 11.2. The first-order valence-corrected chi connectivity index (χ1v) is 8.30. The molecule has 0 spiro atoms. The van der Waals surface area contributed by atoms with Gasteiger partial charge in [-0.15, -0.1) is 10.2 Å². The van der Waals surface area contributed by atoms with Crippen LogP contribution < -0.4 is 28.2 Å². The molecule has 1 heterocycles. The van der Waals surface area contributed by atoms with Gasteiger partial charge in [0.15, 0.2) is 0 Å². The molecule has 0 amide bonds. The lowest BCUT2D eigenvalue weighted by molar-refractivity contribution is -2.00. The van der Waals surface area contributed by atoms with Crippen molar-refractivity contribution in [2.24, 2.45) is 5.10 Å². The highest BCUT2D eigenvalue weighted by molar-refractivity contribution is 6.28. The van der Waals surface area contributed by atoms with Crippen LogP contribution in [0.5, 0.6) is 0 Å². The summed E-state index contributed by atoms with van der Waals surface area (Å²) in [5, 5.41) is 4.99. The van der Waals surface area contributed by atoms with E-state index in [4.69, 9.17) is 30.2 Å². The van der Waals surface area contributed by atoms with Crippen molar-refractivity contribution in [3.63, 3.8) is 0 Å². The van der Waals surface area contributed by atoms with Crippen molar-refractivity contribution in [3.05, 3.63) is 58.9 Å². The van der Waals surface area contributed by atoms with Gasteiger partial charge in [0.05, 0.1) is 0 Å². The van der Waals surface area contributed by atoms with Crippen LogP contribution in [0.4, 0.5) is 5.69 Å². The first-order chi connectivity index (χ1) is 11.1. The molecule has 1 aromatic carbocycles. The van der Waals surface area contributed by atoms with Crippen molar-refractivity contribution in [2.45, 2.75) is 6.92 Å². The highest BCUT2D eigenvalue weighted by Crippen LogP contribution is 2.11. The second kappa shape index (κ2) is 8.93. The zero-order valence-corrected chi connectivity index (χ0v) is 14.9. The molecule has 0 aliphatic rings. The van der Waals surface area contributed by atoms with E-state index < -0.39 is 10.2 Å². The van der Waals surface area contributed by atoms with Crippen molar-refractivity contribution in [2.75, 3.05) is 19.0 Å². The summed E-state index contributed by atoms with van der Waals surface area (Å²) in [6.07, 6.45) is 1.80. The molecule has 0 aliphatic carbocycles. The maximum absolute atomic E-state index is 8.49. The van der Waals surface area contributed by atoms with E-state index in [9.17, 15) is 0 Å². The van der Waals surface area contributed by atoms with E-state index in [1.54, 1.807) is 10.9 Å². The van der Waals surface area contributed by atoms with E-state index in [0.29, 0.717) is 5.15 Å². The van der Waals surface area contributed by atoms with Crippen molar-refractivity contribution in [1.29, 1.82) is 0 Å². The third-order valence-corrected chi connectivity index (χ3v) is 3.13. The number of nitrogens with zero attached hydrogens (tertiary/aromatic N) is 3. The SMILES string of the molecule is Cc1cccc(Cl)[n+]1N=Cc1ccc(N(C)C)cc1.[O-][Cl+3]([O-])([O-])[O-]. The Morgan fingerprint density at radius 3 is 2.04 bits per heavy atom. The van der Waals surface area contributed by atoms with Gasteiger partial charge in [0.1, 0.15) is 6.21 Å². The molecular formula is C15H17Cl2N3O4. The fourth-order valence-corrected chi connectivity index (χ4v) is 1.96. The second-order valence-electron chi connectivity index (χ2n) is 4.91. The average Bonchev–Trinajstić information content (AvgIpc) is 2.45. The Labute approximate surface area is 147 Å². The highest BCUT2D eigenvalue weighted by atomic mass is 35.7. The fraction of sp³-hybridized carbons (Fsp3) is 0.200. The predicted molar refractivity (Wildman–Crippen MR) is 80.1 cm³/mol. The Balaban J connectivity index is 0.000000505. The molecule has 0 atom stereocenters. The van der Waals surface area contributed by atoms with Gasteiger partial charge in [-0.05, 0) is 45.1 Å². The smallest absolute Gasteiger partial charge is 0.306 e. The van der Waals surface area contributed by atoms with E-state index in [0.717, 1.165) is 11.3 Å². The molecule has 0 saturated heterocycles. The van der Waals surface area contributed by atoms with Crippen LogP contribution in [0.15, 0.2) is 47.6 Å². The molecule has 9 heteroatoms. The molecule has 0 unspecified atom stereocenters. The lowest BCUT2D eigenvalue weighted by Crippen LogP contribution is -2.68. The Kier molecular flexibility index (Phi) is 7.56. The van der Waals surface area contributed by atoms with Gasteiger partial charge >= 0.3 is 5.15 Å². The van der Waals surface area contributed by atoms with Crippen LogP contribution >= 0.6 is 11.6 Å². The molecule has 2 rings (SSSR count). The van der Waals surface area contributed by atoms with Crippen LogP contribution in [-0.4, -0.2) is 20.3 Å². The van der Waals surface area contributed by atoms with Crippen LogP contribution in [0.1, 0.15) is 11.3 Å². The number of hydrogen-bond donors (Lipinski definition) is 0. The molecular weight excluding hydrogens is 357 g/mol. The maximum Gasteiger partial charge on any atom is 0.306 e. The number of anilines is 1. The van der Waals surface area contributed by atoms with Gasteiger partial charge in [-0.1, -0.05) is 12.1 Å². The van der Waals surface area contributed by atoms with Crippen LogP contribution in [0.3, 0.4) is 0 Å². The zero-order valence-electron chi connectivity index (χ0n) is 13.3. The molecule has 0 radical (unpaired) electrons. The summed E-state index contributed by atoms with van der Waals surface area (Å²) in [7, 11) is -0.905. The minimum absolute atomic E-state index is 0.598. The van der Waals surface area contributed by atoms with E-state index in [2.05, 4.69) is 22.1 Å². The van der Waals surface area contributed by atoms with Gasteiger partial charge in [-0.25, -0.2) is 18.6 Å². The summed E-state index contributed by atoms with van der Waals surface area (Å²) < 4.78 is 35.7. The zero-order chi connectivity index (χ0) is 18.3. The Morgan fingerprint density at radius 1 is 1.04 bits per heavy atom. The van der Waals surface area contributed by atoms with Gasteiger partial charge < -0.3 is 4.90 Å². The molecule has 0 fully saturated rings. The summed E-state index contributed by atoms with van der Waals surface area (Å²) >= 11 is 6.11. The first kappa shape index (κ1) is 20.3. The molecule has 1 aromatic heterocycles. The third kappa shape index (κ3) is 7.69. The van der Waals surface area contributed by atoms with Gasteiger partial charge in [-0.3, -0.25) is 0 Å². The number of rotatable bonds is 3. The average molecular weight is 374 g/mol. The minimum Gasteiger partial charge on any atom is -0.378 e. The van der Waals surface area contributed by atoms with Crippen LogP contribution in [0, 0.1) is 17.2 Å². The van der Waals surface area contributed by atoms with E-state index in [1.807, 2.05) is 51.4 Å². The summed E-state index contributed by atoms with van der Waals surface area (Å²) in [6, 6.07) is 13.9. The number of hydrogen-bond acceptors (Lipinski definition) is 6. The van der Waals surface area contributed by atoms with Crippen molar-refractivity contribution < 1.29 is 33.6 Å². The maximum atomic E-state index is 8.49. The van der Waals surface area contributed by atoms with Crippen molar-refractivity contribution in [1.82, 2.24) is 0 Å². The second-order valence-corrected chi connectivity index (χ2v) is 6.05. The Bertz CT molecular complexity index is 660. The molecule has 130 valence electrons. The van der Waals surface area contributed by atoms with Gasteiger partial charge in [0.25, 0.3) is 0 Å². The molecule has 2 aromatic rings. The number of aromatic nitrogens is 1. The third-order valence-electron chi connectivity index (χ3n) is 2.84. The molecule has 24 heavy (non-hydrogen) atoms. The fourth-order valence-electron chi connectivity index (χ4n) is 1.71. The summed E-state index contributed by atoms with van der Waals surface area (Å²) in [5.74, 6) is 0. The van der Waals surface area contributed by atoms with E-state index >= 15 is 0 Å². The standard InChI is InChI=1S/C15H17ClN3.ClHO4/c1-12-5-4-6-15(16)19(12)17-11-13-7-9-14(10-8-13)18(2)3;2-1(3,4)5/h4-11H,1-3H3;(H,2,3,4,5)/q+1;/p-1. The Hall–Kier alpha value is -1.74. The molecule has 0 saturated carbocycles. The monoisotopic (exact) mass is 373 g/mol. The largest absolute Gasteiger partial charge is 0.378 e. The van der Waals surface area contributed by atoms with Crippen molar-refractivity contribution >= 4 is 23.5 Å². The topological polar surface area (TPSA) is 112 Å². The molecule has 0 N–H and O–H groups in total. The van der Waals surface area contributed by atoms with Crippen molar-refractivity contribution in [3.8, 4) is 0 Å². The minimum atomic E-state index is -4.94. The number of halogens is 2. The van der Waals surface area contributed by atoms with Crippen LogP contribution in [0.2, 0.25) is 5.15 Å². The van der Waals surface area contributed by atoms with Crippen LogP contribution in [0.25, 0.3) is 0 Å². The first-order valence-electron chi connectivity index (χ1n) is 6.68. The van der Waals surface area contributed by atoms with Gasteiger partial charge in [0.2, 0.25) is 5.69 Å². The van der Waals surface area contributed by atoms with Gasteiger partial charge in [0, 0.05) is 38.8 Å². The Morgan fingerprint density at radius 2 is 1.58 bits per heavy atom. The summed E-state index contributed by atoms with van der Waals surface area (Å²) in [6.45, 7) is 1.97. The summed E-state index contributed by atoms with van der Waals surface area (Å²) in [4.78, 5) is 2.06. The van der Waals surface area contributed by atoms with Gasteiger partial charge in [-0.2, -0.15) is 0 Å². The number of benzene rings is 1. The lowest BCUT2D eigenvalue weighted by Gasteiger charge is -2.17. The predicted octanol–water partition coefficient (Wildman–Crippen LogP) is -1.87. The molecule has 0 aliphatic heterocycles. The number of pyridine rings is 1. The molecule has 0 bridgehead atoms. The quantitative estimate of drug-likeness (QED) is 0.355.